The van der Waals surface area contributed by atoms with Gasteiger partial charge in [-0.05, 0) is 5.56 Å². The van der Waals surface area contributed by atoms with Crippen LogP contribution in [0.3, 0.4) is 0 Å². The number of fused-ring (bicyclic) bond motifs is 3. The van der Waals surface area contributed by atoms with Gasteiger partial charge < -0.3 is 18.9 Å². The molecule has 3 aromatic carbocycles. The minimum absolute atomic E-state index is 0.546. The summed E-state index contributed by atoms with van der Waals surface area (Å²) in [4.78, 5) is 7.30. The Hall–Kier alpha value is -3.05. The molecule has 0 saturated carbocycles. The van der Waals surface area contributed by atoms with Gasteiger partial charge in [0.15, 0.2) is 0 Å². The number of benzene rings is 3. The quantitative estimate of drug-likeness (QED) is 0.539. The summed E-state index contributed by atoms with van der Waals surface area (Å²) in [7, 11) is 2.08. The smallest absolute Gasteiger partial charge is 0.206 e. The average Bonchev–Trinajstić information content (AvgIpc) is 3.10. The van der Waals surface area contributed by atoms with Gasteiger partial charge in [0, 0.05) is 37.0 Å². The largest absolute Gasteiger partial charge is 0.488 e. The van der Waals surface area contributed by atoms with Gasteiger partial charge in [-0.3, -0.25) is 0 Å². The molecule has 5 nitrogen and oxygen atoms in total. The Balaban J connectivity index is 1.60. The van der Waals surface area contributed by atoms with Crippen molar-refractivity contribution in [3.05, 3.63) is 66.2 Å². The topological polar surface area (TPSA) is 39.5 Å². The maximum absolute atomic E-state index is 6.25. The molecule has 142 valence electrons. The molecule has 1 saturated heterocycles. The van der Waals surface area contributed by atoms with Crippen molar-refractivity contribution in [2.75, 3.05) is 31.2 Å². The molecule has 0 unspecified atom stereocenters. The van der Waals surface area contributed by atoms with Gasteiger partial charge in [-0.1, -0.05) is 54.6 Å². The van der Waals surface area contributed by atoms with Crippen molar-refractivity contribution in [2.45, 2.75) is 6.61 Å². The van der Waals surface area contributed by atoms with Crippen LogP contribution < -0.4 is 9.64 Å². The molecule has 0 radical (unpaired) electrons. The predicted molar refractivity (Wildman–Crippen MR) is 112 cm³/mol. The Kier molecular flexibility index (Phi) is 4.37. The van der Waals surface area contributed by atoms with E-state index in [1.54, 1.807) is 0 Å². The number of ether oxygens (including phenoxy) is 2. The number of aromatic nitrogens is 2. The molecule has 1 aliphatic heterocycles. The highest BCUT2D eigenvalue weighted by Crippen LogP contribution is 2.35. The molecule has 5 heteroatoms. The van der Waals surface area contributed by atoms with Crippen molar-refractivity contribution in [2.24, 2.45) is 7.05 Å². The van der Waals surface area contributed by atoms with Crippen LogP contribution in [-0.2, 0) is 18.4 Å². The molecule has 0 spiro atoms. The van der Waals surface area contributed by atoms with Crippen LogP contribution in [0.1, 0.15) is 5.56 Å². The first kappa shape index (κ1) is 17.1. The SMILES string of the molecule is Cn1c(N2CCOCC2)nc2c3ccccc3c(OCc3ccccc3)cc21. The maximum Gasteiger partial charge on any atom is 0.206 e. The Bertz CT molecular complexity index is 1120. The van der Waals surface area contributed by atoms with E-state index in [1.807, 2.05) is 18.2 Å². The maximum atomic E-state index is 6.25. The zero-order valence-corrected chi connectivity index (χ0v) is 16.0. The summed E-state index contributed by atoms with van der Waals surface area (Å²) in [5.74, 6) is 1.88. The number of hydrogen-bond donors (Lipinski definition) is 0. The summed E-state index contributed by atoms with van der Waals surface area (Å²) in [6.07, 6.45) is 0. The molecule has 0 amide bonds. The molecule has 0 aliphatic carbocycles. The van der Waals surface area contributed by atoms with E-state index in [1.165, 1.54) is 0 Å². The number of hydrogen-bond acceptors (Lipinski definition) is 4. The van der Waals surface area contributed by atoms with Gasteiger partial charge in [0.25, 0.3) is 0 Å². The number of aryl methyl sites for hydroxylation is 1. The molecular formula is C23H23N3O2. The fourth-order valence-electron chi connectivity index (χ4n) is 3.87. The number of morpholine rings is 1. The first-order chi connectivity index (χ1) is 13.8. The summed E-state index contributed by atoms with van der Waals surface area (Å²) >= 11 is 0. The number of anilines is 1. The van der Waals surface area contributed by atoms with E-state index in [2.05, 4.69) is 59.0 Å². The predicted octanol–water partition coefficient (Wildman–Crippen LogP) is 4.14. The number of rotatable bonds is 4. The van der Waals surface area contributed by atoms with Crippen molar-refractivity contribution in [3.8, 4) is 5.75 Å². The van der Waals surface area contributed by atoms with Gasteiger partial charge in [0.05, 0.1) is 24.2 Å². The van der Waals surface area contributed by atoms with Crippen LogP contribution in [0.25, 0.3) is 21.8 Å². The van der Waals surface area contributed by atoms with E-state index in [9.17, 15) is 0 Å². The van der Waals surface area contributed by atoms with Gasteiger partial charge >= 0.3 is 0 Å². The zero-order valence-electron chi connectivity index (χ0n) is 16.0. The van der Waals surface area contributed by atoms with Crippen LogP contribution in [0.15, 0.2) is 60.7 Å². The molecule has 2 heterocycles. The van der Waals surface area contributed by atoms with Crippen LogP contribution in [0, 0.1) is 0 Å². The zero-order chi connectivity index (χ0) is 18.9. The van der Waals surface area contributed by atoms with Crippen molar-refractivity contribution in [3.63, 3.8) is 0 Å². The van der Waals surface area contributed by atoms with Crippen molar-refractivity contribution in [1.29, 1.82) is 0 Å². The van der Waals surface area contributed by atoms with Crippen molar-refractivity contribution >= 4 is 27.8 Å². The highest BCUT2D eigenvalue weighted by Gasteiger charge is 2.20. The Morgan fingerprint density at radius 3 is 2.46 bits per heavy atom. The van der Waals surface area contributed by atoms with E-state index in [0.29, 0.717) is 6.61 Å². The molecule has 1 aromatic heterocycles. The van der Waals surface area contributed by atoms with E-state index in [0.717, 1.165) is 65.4 Å². The summed E-state index contributed by atoms with van der Waals surface area (Å²) < 4.78 is 13.9. The minimum atomic E-state index is 0.546. The van der Waals surface area contributed by atoms with E-state index >= 15 is 0 Å². The lowest BCUT2D eigenvalue weighted by Crippen LogP contribution is -2.37. The second kappa shape index (κ2) is 7.17. The van der Waals surface area contributed by atoms with Crippen LogP contribution in [0.2, 0.25) is 0 Å². The van der Waals surface area contributed by atoms with E-state index in [4.69, 9.17) is 14.5 Å². The molecule has 0 bridgehead atoms. The van der Waals surface area contributed by atoms with Crippen LogP contribution >= 0.6 is 0 Å². The van der Waals surface area contributed by atoms with Gasteiger partial charge in [-0.2, -0.15) is 0 Å². The third-order valence-electron chi connectivity index (χ3n) is 5.36. The highest BCUT2D eigenvalue weighted by atomic mass is 16.5. The normalized spacial score (nSPS) is 14.7. The van der Waals surface area contributed by atoms with E-state index in [-0.39, 0.29) is 0 Å². The third-order valence-corrected chi connectivity index (χ3v) is 5.36. The number of imidazole rings is 1. The van der Waals surface area contributed by atoms with Gasteiger partial charge in [0.2, 0.25) is 5.95 Å². The average molecular weight is 373 g/mol. The van der Waals surface area contributed by atoms with Crippen molar-refractivity contribution in [1.82, 2.24) is 9.55 Å². The fourth-order valence-corrected chi connectivity index (χ4v) is 3.87. The molecule has 0 atom stereocenters. The van der Waals surface area contributed by atoms with E-state index < -0.39 is 0 Å². The summed E-state index contributed by atoms with van der Waals surface area (Å²) in [5.41, 5.74) is 3.26. The van der Waals surface area contributed by atoms with Gasteiger partial charge in [-0.15, -0.1) is 0 Å². The van der Waals surface area contributed by atoms with Gasteiger partial charge in [-0.25, -0.2) is 4.98 Å². The summed E-state index contributed by atoms with van der Waals surface area (Å²) in [5, 5.41) is 2.22. The molecule has 5 rings (SSSR count). The molecule has 1 fully saturated rings. The molecular weight excluding hydrogens is 350 g/mol. The first-order valence-electron chi connectivity index (χ1n) is 9.69. The lowest BCUT2D eigenvalue weighted by molar-refractivity contribution is 0.122. The van der Waals surface area contributed by atoms with Crippen LogP contribution in [-0.4, -0.2) is 35.9 Å². The second-order valence-corrected chi connectivity index (χ2v) is 7.13. The molecule has 28 heavy (non-hydrogen) atoms. The monoisotopic (exact) mass is 373 g/mol. The fraction of sp³-hybridized carbons (Fsp3) is 0.261. The van der Waals surface area contributed by atoms with Crippen LogP contribution in [0.4, 0.5) is 5.95 Å². The van der Waals surface area contributed by atoms with Crippen molar-refractivity contribution < 1.29 is 9.47 Å². The molecule has 0 N–H and O–H groups in total. The van der Waals surface area contributed by atoms with Crippen LogP contribution in [0.5, 0.6) is 5.75 Å². The minimum Gasteiger partial charge on any atom is -0.488 e. The summed E-state index contributed by atoms with van der Waals surface area (Å²) in [6, 6.07) is 20.7. The molecule has 4 aromatic rings. The first-order valence-corrected chi connectivity index (χ1v) is 9.69. The number of nitrogens with zero attached hydrogens (tertiary/aromatic N) is 3. The molecule has 1 aliphatic rings. The standard InChI is InChI=1S/C23H23N3O2/c1-25-20-15-21(28-16-17-7-3-2-4-8-17)18-9-5-6-10-19(18)22(20)24-23(25)26-11-13-27-14-12-26/h2-10,15H,11-14,16H2,1H3. The van der Waals surface area contributed by atoms with Gasteiger partial charge in [0.1, 0.15) is 12.4 Å². The highest BCUT2D eigenvalue weighted by molar-refractivity contribution is 6.08. The Morgan fingerprint density at radius 1 is 0.964 bits per heavy atom. The second-order valence-electron chi connectivity index (χ2n) is 7.13. The Labute approximate surface area is 164 Å². The summed E-state index contributed by atoms with van der Waals surface area (Å²) in [6.45, 7) is 3.77. The third kappa shape index (κ3) is 2.98. The lowest BCUT2D eigenvalue weighted by atomic mass is 10.1. The Morgan fingerprint density at radius 2 is 1.68 bits per heavy atom. The lowest BCUT2D eigenvalue weighted by Gasteiger charge is -2.27.